The molecule has 3 heterocycles. The van der Waals surface area contributed by atoms with Crippen LogP contribution in [0.5, 0.6) is 0 Å². The highest BCUT2D eigenvalue weighted by atomic mass is 79.9. The molecule has 0 spiro atoms. The number of hydrogen-bond acceptors (Lipinski definition) is 9. The largest absolute Gasteiger partial charge is 0.481 e. The first-order chi connectivity index (χ1) is 17.8. The third kappa shape index (κ3) is 6.61. The minimum Gasteiger partial charge on any atom is -0.481 e. The fraction of sp³-hybridized carbons (Fsp3) is 0.440. The van der Waals surface area contributed by atoms with Gasteiger partial charge in [0, 0.05) is 41.4 Å². The number of morpholine rings is 1. The number of aliphatic imine (C=N–C) groups is 1. The Labute approximate surface area is 226 Å². The number of carboxylic acid groups (broad SMARTS) is 1. The molecule has 0 aliphatic carbocycles. The van der Waals surface area contributed by atoms with E-state index in [1.165, 1.54) is 23.5 Å². The number of hydrogen-bond donors (Lipinski definition) is 2. The van der Waals surface area contributed by atoms with Crippen LogP contribution >= 0.6 is 27.3 Å². The number of nitrogens with zero attached hydrogens (tertiary/aromatic N) is 3. The highest BCUT2D eigenvalue weighted by Crippen LogP contribution is 2.37. The van der Waals surface area contributed by atoms with Crippen LogP contribution in [-0.4, -0.2) is 71.7 Å². The maximum absolute atomic E-state index is 13.9. The summed E-state index contributed by atoms with van der Waals surface area (Å²) in [5, 5.41) is 15.1. The fourth-order valence-corrected chi connectivity index (χ4v) is 5.51. The molecule has 1 aromatic carbocycles. The molecule has 2 aromatic rings. The second-order valence-corrected chi connectivity index (χ2v) is 10.6. The summed E-state index contributed by atoms with van der Waals surface area (Å²) in [6, 6.07) is 3.52. The first-order valence-electron chi connectivity index (χ1n) is 11.9. The first kappa shape index (κ1) is 27.4. The summed E-state index contributed by atoms with van der Waals surface area (Å²) in [6.45, 7) is 5.49. The molecule has 37 heavy (non-hydrogen) atoms. The van der Waals surface area contributed by atoms with Gasteiger partial charge in [-0.05, 0) is 31.0 Å². The third-order valence-corrected chi connectivity index (χ3v) is 7.62. The van der Waals surface area contributed by atoms with Gasteiger partial charge in [0.2, 0.25) is 0 Å². The summed E-state index contributed by atoms with van der Waals surface area (Å²) in [7, 11) is 0. The summed E-state index contributed by atoms with van der Waals surface area (Å²) in [4.78, 5) is 35.9. The zero-order valence-corrected chi connectivity index (χ0v) is 22.8. The maximum atomic E-state index is 13.9. The lowest BCUT2D eigenvalue weighted by Crippen LogP contribution is -2.47. The number of rotatable bonds is 9. The molecule has 0 radical (unpaired) electrons. The van der Waals surface area contributed by atoms with E-state index in [2.05, 4.69) is 31.1 Å². The van der Waals surface area contributed by atoms with E-state index < -0.39 is 29.7 Å². The molecular weight excluding hydrogens is 567 g/mol. The molecule has 1 aromatic heterocycles. The summed E-state index contributed by atoms with van der Waals surface area (Å²) in [5.41, 5.74) is 1.55. The Hall–Kier alpha value is -2.67. The topological polar surface area (TPSA) is 113 Å². The lowest BCUT2D eigenvalue weighted by molar-refractivity contribution is -0.143. The number of halogens is 2. The highest BCUT2D eigenvalue weighted by Gasteiger charge is 2.35. The molecule has 12 heteroatoms. The number of aromatic nitrogens is 1. The average molecular weight is 595 g/mol. The molecule has 0 amide bonds. The molecule has 1 fully saturated rings. The Morgan fingerprint density at radius 1 is 1.43 bits per heavy atom. The molecule has 1 unspecified atom stereocenters. The number of ether oxygens (including phenoxy) is 2. The molecule has 3 atom stereocenters. The number of carboxylic acids is 1. The summed E-state index contributed by atoms with van der Waals surface area (Å²) in [6.07, 6.45) is 1.82. The van der Waals surface area contributed by atoms with Crippen molar-refractivity contribution < 1.29 is 28.6 Å². The van der Waals surface area contributed by atoms with Crippen LogP contribution in [-0.2, 0) is 19.1 Å². The van der Waals surface area contributed by atoms with E-state index in [-0.39, 0.29) is 12.7 Å². The second kappa shape index (κ2) is 12.2. The number of carbonyl (C=O) groups is 2. The molecule has 2 N–H and O–H groups in total. The fourth-order valence-electron chi connectivity index (χ4n) is 4.35. The van der Waals surface area contributed by atoms with Crippen molar-refractivity contribution in [3.8, 4) is 0 Å². The van der Waals surface area contributed by atoms with Crippen LogP contribution in [0.4, 0.5) is 4.39 Å². The quantitative estimate of drug-likeness (QED) is 0.422. The Bertz CT molecular complexity index is 1210. The van der Waals surface area contributed by atoms with Gasteiger partial charge in [0.1, 0.15) is 11.9 Å². The predicted molar refractivity (Wildman–Crippen MR) is 140 cm³/mol. The summed E-state index contributed by atoms with van der Waals surface area (Å²) >= 11 is 4.84. The van der Waals surface area contributed by atoms with E-state index in [0.29, 0.717) is 64.8 Å². The van der Waals surface area contributed by atoms with E-state index in [4.69, 9.17) is 14.5 Å². The van der Waals surface area contributed by atoms with Crippen molar-refractivity contribution in [1.82, 2.24) is 15.2 Å². The Kier molecular flexibility index (Phi) is 9.06. The van der Waals surface area contributed by atoms with Gasteiger partial charge in [-0.1, -0.05) is 28.9 Å². The molecule has 0 bridgehead atoms. The van der Waals surface area contributed by atoms with Crippen LogP contribution in [0.25, 0.3) is 0 Å². The van der Waals surface area contributed by atoms with E-state index in [0.717, 1.165) is 0 Å². The van der Waals surface area contributed by atoms with Crippen LogP contribution in [0.3, 0.4) is 0 Å². The first-order valence-corrected chi connectivity index (χ1v) is 13.6. The van der Waals surface area contributed by atoms with Gasteiger partial charge in [0.05, 0.1) is 30.8 Å². The van der Waals surface area contributed by atoms with E-state index in [9.17, 15) is 19.1 Å². The Balaban J connectivity index is 1.71. The van der Waals surface area contributed by atoms with Crippen molar-refractivity contribution in [3.05, 3.63) is 61.9 Å². The number of carbonyl (C=O) groups excluding carboxylic acids is 1. The van der Waals surface area contributed by atoms with Crippen molar-refractivity contribution >= 4 is 45.0 Å². The monoisotopic (exact) mass is 594 g/mol. The predicted octanol–water partition coefficient (Wildman–Crippen LogP) is 3.76. The van der Waals surface area contributed by atoms with Gasteiger partial charge in [0.25, 0.3) is 0 Å². The van der Waals surface area contributed by atoms with E-state index >= 15 is 0 Å². The smallest absolute Gasteiger partial charge is 0.338 e. The average Bonchev–Trinajstić information content (AvgIpc) is 3.39. The summed E-state index contributed by atoms with van der Waals surface area (Å²) in [5.74, 6) is -1.82. The molecule has 9 nitrogen and oxygen atoms in total. The van der Waals surface area contributed by atoms with Gasteiger partial charge in [-0.15, -0.1) is 11.3 Å². The SMILES string of the molecule is CCOC(=O)C1=C(CN2CCO[C@H](CC(C)C(=O)O)C2)NC(c2nccs2)=N[C@H]1c1ccc(F)cc1Br. The number of aliphatic carboxylic acids is 1. The van der Waals surface area contributed by atoms with E-state index in [1.807, 2.05) is 5.38 Å². The van der Waals surface area contributed by atoms with E-state index in [1.54, 1.807) is 26.1 Å². The molecule has 2 aliphatic rings. The number of amidine groups is 1. The van der Waals surface area contributed by atoms with Crippen molar-refractivity contribution in [2.75, 3.05) is 32.8 Å². The molecule has 4 rings (SSSR count). The van der Waals surface area contributed by atoms with Crippen LogP contribution in [0, 0.1) is 11.7 Å². The van der Waals surface area contributed by atoms with Crippen LogP contribution < -0.4 is 5.32 Å². The molecule has 198 valence electrons. The molecule has 2 aliphatic heterocycles. The van der Waals surface area contributed by atoms with Crippen LogP contribution in [0.2, 0.25) is 0 Å². The summed E-state index contributed by atoms with van der Waals surface area (Å²) < 4.78 is 25.6. The van der Waals surface area contributed by atoms with Gasteiger partial charge in [-0.2, -0.15) is 0 Å². The zero-order chi connectivity index (χ0) is 26.5. The lowest BCUT2D eigenvalue weighted by atomic mass is 9.95. The van der Waals surface area contributed by atoms with Gasteiger partial charge in [-0.25, -0.2) is 14.2 Å². The zero-order valence-electron chi connectivity index (χ0n) is 20.4. The van der Waals surface area contributed by atoms with Crippen molar-refractivity contribution in [3.63, 3.8) is 0 Å². The maximum Gasteiger partial charge on any atom is 0.338 e. The van der Waals surface area contributed by atoms with Crippen molar-refractivity contribution in [2.45, 2.75) is 32.4 Å². The van der Waals surface area contributed by atoms with Crippen molar-refractivity contribution in [2.24, 2.45) is 10.9 Å². The number of esters is 1. The highest BCUT2D eigenvalue weighted by molar-refractivity contribution is 9.10. The molecule has 1 saturated heterocycles. The van der Waals surface area contributed by atoms with Gasteiger partial charge >= 0.3 is 11.9 Å². The van der Waals surface area contributed by atoms with Gasteiger partial charge in [-0.3, -0.25) is 14.7 Å². The standard InChI is InChI=1S/C25H28BrFN4O5S/c1-3-35-25(34)20-19(13-31-7-8-36-16(12-31)10-14(2)24(32)33)29-22(23-28-6-9-37-23)30-21(20)17-5-4-15(27)11-18(17)26/h4-6,9,11,14,16,21H,3,7-8,10,12-13H2,1-2H3,(H,29,30)(H,32,33)/t14?,16-,21+/m1/s1. The normalized spacial score (nSPS) is 21.2. The number of thiazole rings is 1. The minimum atomic E-state index is -0.862. The van der Waals surface area contributed by atoms with Gasteiger partial charge in [0.15, 0.2) is 10.8 Å². The molecule has 0 saturated carbocycles. The Morgan fingerprint density at radius 2 is 2.24 bits per heavy atom. The Morgan fingerprint density at radius 3 is 2.92 bits per heavy atom. The number of nitrogens with one attached hydrogen (secondary N) is 1. The third-order valence-electron chi connectivity index (χ3n) is 6.16. The van der Waals surface area contributed by atoms with Crippen LogP contribution in [0.1, 0.15) is 36.9 Å². The number of benzene rings is 1. The molecular formula is C25H28BrFN4O5S. The van der Waals surface area contributed by atoms with Crippen LogP contribution in [0.15, 0.2) is 50.5 Å². The van der Waals surface area contributed by atoms with Crippen molar-refractivity contribution in [1.29, 1.82) is 0 Å². The van der Waals surface area contributed by atoms with Gasteiger partial charge < -0.3 is 19.9 Å². The lowest BCUT2D eigenvalue weighted by Gasteiger charge is -2.36. The minimum absolute atomic E-state index is 0.183. The second-order valence-electron chi connectivity index (χ2n) is 8.82.